The van der Waals surface area contributed by atoms with Gasteiger partial charge in [-0.1, -0.05) is 308 Å². The summed E-state index contributed by atoms with van der Waals surface area (Å²) in [5.41, 5.74) is 2.37. The van der Waals surface area contributed by atoms with Crippen LogP contribution in [0, 0.1) is 105 Å². The molecule has 0 heterocycles. The SMILES string of the molecule is CC1C(C)(C)CCC1(C)C.CC1CC(C)C(C)C1.CC1CCC(C)C1C.CC1CCCC1.CC1CCC[C@H]1C.CCC(C)(C)C.CCC(C)C.CCC1CC1.CCC1CCC1.C[C@@H]1CCCC1(C)C. The van der Waals surface area contributed by atoms with Crippen LogP contribution in [-0.4, -0.2) is 0 Å². The predicted octanol–water partition coefficient (Wildman–Crippen LogP) is 24.8. The molecule has 8 fully saturated rings. The van der Waals surface area contributed by atoms with Crippen LogP contribution in [0.2, 0.25) is 0 Å². The zero-order chi connectivity index (χ0) is 53.8. The molecule has 8 saturated carbocycles. The first kappa shape index (κ1) is 71.1. The van der Waals surface area contributed by atoms with Gasteiger partial charge in [0, 0.05) is 0 Å². The molecule has 0 radical (unpaired) electrons. The van der Waals surface area contributed by atoms with E-state index >= 15 is 0 Å². The Morgan fingerprint density at radius 1 is 0.406 bits per heavy atom. The van der Waals surface area contributed by atoms with E-state index in [9.17, 15) is 0 Å². The zero-order valence-electron chi connectivity index (χ0n) is 53.8. The lowest BCUT2D eigenvalue weighted by Crippen LogP contribution is -2.24. The van der Waals surface area contributed by atoms with Crippen molar-refractivity contribution in [3.8, 4) is 0 Å². The molecule has 0 spiro atoms. The van der Waals surface area contributed by atoms with E-state index in [1.807, 2.05) is 0 Å². The average Bonchev–Trinajstić information content (AvgIpc) is 3.47. The van der Waals surface area contributed by atoms with E-state index in [1.54, 1.807) is 0 Å². The maximum Gasteiger partial charge on any atom is -0.0323 e. The van der Waals surface area contributed by atoms with Crippen LogP contribution in [0.4, 0.5) is 0 Å². The first-order valence-electron chi connectivity index (χ1n) is 31.8. The van der Waals surface area contributed by atoms with Crippen LogP contribution >= 0.6 is 0 Å². The normalized spacial score (nSPS) is 31.6. The molecule has 0 aliphatic heterocycles. The van der Waals surface area contributed by atoms with E-state index in [4.69, 9.17) is 0 Å². The summed E-state index contributed by atoms with van der Waals surface area (Å²) in [6, 6.07) is 0. The van der Waals surface area contributed by atoms with Crippen molar-refractivity contribution in [2.45, 2.75) is 341 Å². The van der Waals surface area contributed by atoms with Gasteiger partial charge >= 0.3 is 0 Å². The first-order valence-corrected chi connectivity index (χ1v) is 31.8. The Morgan fingerprint density at radius 3 is 0.870 bits per heavy atom. The van der Waals surface area contributed by atoms with Crippen LogP contribution in [0.5, 0.6) is 0 Å². The fourth-order valence-corrected chi connectivity index (χ4v) is 11.0. The molecular weight excluding hydrogens is 829 g/mol. The molecule has 0 heteroatoms. The summed E-state index contributed by atoms with van der Waals surface area (Å²) in [6.45, 7) is 60.5. The van der Waals surface area contributed by atoms with Gasteiger partial charge < -0.3 is 0 Å². The molecule has 5 unspecified atom stereocenters. The molecule has 0 nitrogen and oxygen atoms in total. The van der Waals surface area contributed by atoms with Crippen molar-refractivity contribution in [3.05, 3.63) is 0 Å². The standard InChI is InChI=1S/C10H20.3C8H16.C7H14.2C6H12.C6H14.C5H10.C5H12/c1-8-9(2,3)6-7-10(8,4)5;1-6-4-7(2)8(3)5-6;1-7-5-4-6-8(7,2)3;1-6-4-5-7(2)8(6)3;1-6-4-3-5-7(6)2;1-6-4-2-3-5-6;1-2-6-4-3-5-6;1-5-6(2,3)4;1-2-5-3-4-5;1-4-5(2)3/h8H,6-7H2,1-5H3;6-8H,4-5H2,1-3H3;7H,4-6H2,1-3H3;6-8H,4-5H2,1-3H3;6-7H,3-5H2,1-2H3;2*6H,2-5H2,1H3;5H2,1-4H3;5H,2-4H2,1H3;5H,4H2,1-3H3/t;;7-;;6-,7?;;;;;/m..1.1...../s1. The van der Waals surface area contributed by atoms with Gasteiger partial charge in [-0.2, -0.15) is 0 Å². The predicted molar refractivity (Wildman–Crippen MR) is 322 cm³/mol. The van der Waals surface area contributed by atoms with Gasteiger partial charge in [-0.3, -0.25) is 0 Å². The number of hydrogen-bond donors (Lipinski definition) is 0. The summed E-state index contributed by atoms with van der Waals surface area (Å²) in [6.07, 6.45) is 36.3. The maximum absolute atomic E-state index is 2.40. The Morgan fingerprint density at radius 2 is 0.783 bits per heavy atom. The Kier molecular flexibility index (Phi) is 38.0. The average molecular weight is 972 g/mol. The number of hydrogen-bond acceptors (Lipinski definition) is 0. The van der Waals surface area contributed by atoms with Crippen LogP contribution in [0.1, 0.15) is 341 Å². The van der Waals surface area contributed by atoms with Crippen molar-refractivity contribution >= 4 is 0 Å². The monoisotopic (exact) mass is 971 g/mol. The van der Waals surface area contributed by atoms with Crippen LogP contribution in [0.3, 0.4) is 0 Å². The van der Waals surface area contributed by atoms with Gasteiger partial charge in [0.25, 0.3) is 0 Å². The topological polar surface area (TPSA) is 0 Å². The van der Waals surface area contributed by atoms with Crippen LogP contribution < -0.4 is 0 Å². The Bertz CT molecular complexity index is 1100. The molecule has 418 valence electrons. The highest BCUT2D eigenvalue weighted by molar-refractivity contribution is 4.93. The van der Waals surface area contributed by atoms with E-state index in [-0.39, 0.29) is 0 Å². The third kappa shape index (κ3) is 35.0. The highest BCUT2D eigenvalue weighted by atomic mass is 14.5. The van der Waals surface area contributed by atoms with Crippen LogP contribution in [0.15, 0.2) is 0 Å². The van der Waals surface area contributed by atoms with Gasteiger partial charge in [0.1, 0.15) is 0 Å². The lowest BCUT2D eigenvalue weighted by molar-refractivity contribution is 0.179. The van der Waals surface area contributed by atoms with E-state index < -0.39 is 0 Å². The Labute approximate surface area is 443 Å². The highest BCUT2D eigenvalue weighted by Crippen LogP contribution is 2.53. The number of rotatable bonds is 3. The fourth-order valence-electron chi connectivity index (χ4n) is 11.0. The third-order valence-corrected chi connectivity index (χ3v) is 20.8. The smallest absolute Gasteiger partial charge is 0.0323 e. The summed E-state index contributed by atoms with van der Waals surface area (Å²) in [7, 11) is 0. The van der Waals surface area contributed by atoms with Crippen molar-refractivity contribution in [1.82, 2.24) is 0 Å². The van der Waals surface area contributed by atoms with Crippen LogP contribution in [-0.2, 0) is 0 Å². The Hall–Kier alpha value is 0. The lowest BCUT2D eigenvalue weighted by atomic mass is 9.74. The summed E-state index contributed by atoms with van der Waals surface area (Å²) >= 11 is 0. The molecule has 8 aliphatic carbocycles. The van der Waals surface area contributed by atoms with Gasteiger partial charge in [-0.25, -0.2) is 0 Å². The van der Waals surface area contributed by atoms with Crippen molar-refractivity contribution in [3.63, 3.8) is 0 Å². The molecule has 0 aromatic heterocycles. The molecular formula is C69H142. The van der Waals surface area contributed by atoms with Gasteiger partial charge in [-0.15, -0.1) is 0 Å². The molecule has 0 N–H and O–H groups in total. The van der Waals surface area contributed by atoms with Gasteiger partial charge in [0.2, 0.25) is 0 Å². The van der Waals surface area contributed by atoms with Gasteiger partial charge in [0.05, 0.1) is 0 Å². The van der Waals surface area contributed by atoms with Crippen molar-refractivity contribution in [1.29, 1.82) is 0 Å². The van der Waals surface area contributed by atoms with Crippen molar-refractivity contribution in [2.75, 3.05) is 0 Å². The summed E-state index contributed by atoms with van der Waals surface area (Å²) < 4.78 is 0. The summed E-state index contributed by atoms with van der Waals surface area (Å²) in [4.78, 5) is 0. The second-order valence-electron chi connectivity index (χ2n) is 30.0. The third-order valence-electron chi connectivity index (χ3n) is 20.8. The molecule has 69 heavy (non-hydrogen) atoms. The molecule has 8 rings (SSSR count). The lowest BCUT2D eigenvalue weighted by Gasteiger charge is -2.31. The van der Waals surface area contributed by atoms with E-state index in [1.165, 1.54) is 161 Å². The molecule has 0 bridgehead atoms. The van der Waals surface area contributed by atoms with E-state index in [2.05, 4.69) is 180 Å². The Balaban J connectivity index is 0. The minimum Gasteiger partial charge on any atom is -0.0651 e. The summed E-state index contributed by atoms with van der Waals surface area (Å²) in [5, 5.41) is 0. The largest absolute Gasteiger partial charge is 0.0651 e. The van der Waals surface area contributed by atoms with Crippen molar-refractivity contribution in [2.24, 2.45) is 105 Å². The zero-order valence-corrected chi connectivity index (χ0v) is 53.8. The first-order chi connectivity index (χ1) is 31.8. The van der Waals surface area contributed by atoms with Gasteiger partial charge in [-0.05, 0) is 137 Å². The van der Waals surface area contributed by atoms with Gasteiger partial charge in [0.15, 0.2) is 0 Å². The minimum absolute atomic E-state index is 0.542. The molecule has 7 atom stereocenters. The molecule has 0 saturated heterocycles. The fraction of sp³-hybridized carbons (Fsp3) is 1.00. The van der Waals surface area contributed by atoms with E-state index in [0.717, 1.165) is 82.9 Å². The van der Waals surface area contributed by atoms with Crippen molar-refractivity contribution < 1.29 is 0 Å². The van der Waals surface area contributed by atoms with E-state index in [0.29, 0.717) is 21.7 Å². The molecule has 0 aromatic rings. The minimum atomic E-state index is 0.542. The second-order valence-corrected chi connectivity index (χ2v) is 30.0. The van der Waals surface area contributed by atoms with Crippen LogP contribution in [0.25, 0.3) is 0 Å². The molecule has 0 amide bonds. The highest BCUT2D eigenvalue weighted by Gasteiger charge is 2.43. The summed E-state index contributed by atoms with van der Waals surface area (Å²) in [5.74, 6) is 14.0. The molecule has 8 aliphatic rings. The quantitative estimate of drug-likeness (QED) is 0.264. The second kappa shape index (κ2) is 36.9. The maximum atomic E-state index is 2.40. The molecule has 0 aromatic carbocycles.